The topological polar surface area (TPSA) is 87.7 Å². The molecule has 0 saturated carbocycles. The predicted molar refractivity (Wildman–Crippen MR) is 115 cm³/mol. The molecule has 7 nitrogen and oxygen atoms in total. The van der Waals surface area contributed by atoms with Crippen LogP contribution in [0.25, 0.3) is 6.08 Å². The first-order valence-corrected chi connectivity index (χ1v) is 9.49. The highest BCUT2D eigenvalue weighted by molar-refractivity contribution is 6.32. The zero-order valence-electron chi connectivity index (χ0n) is 16.3. The monoisotopic (exact) mass is 425 g/mol. The number of rotatable bonds is 7. The van der Waals surface area contributed by atoms with E-state index in [4.69, 9.17) is 16.3 Å². The summed E-state index contributed by atoms with van der Waals surface area (Å²) in [4.78, 5) is 37.1. The van der Waals surface area contributed by atoms with Gasteiger partial charge in [0.1, 0.15) is 11.4 Å². The Labute approximate surface area is 179 Å². The Kier molecular flexibility index (Phi) is 6.54. The number of carbonyl (C=O) groups excluding carboxylic acids is 3. The Morgan fingerprint density at radius 3 is 2.63 bits per heavy atom. The fraction of sp³-hybridized carbons (Fsp3) is 0.136. The van der Waals surface area contributed by atoms with Crippen molar-refractivity contribution in [3.63, 3.8) is 0 Å². The minimum atomic E-state index is -0.503. The highest BCUT2D eigenvalue weighted by Gasteiger charge is 2.32. The summed E-state index contributed by atoms with van der Waals surface area (Å²) in [6.07, 6.45) is 2.99. The van der Waals surface area contributed by atoms with E-state index in [1.165, 1.54) is 12.2 Å². The van der Waals surface area contributed by atoms with E-state index in [1.807, 2.05) is 31.2 Å². The molecule has 1 aliphatic rings. The van der Waals surface area contributed by atoms with Crippen molar-refractivity contribution in [1.29, 1.82) is 0 Å². The van der Waals surface area contributed by atoms with Crippen LogP contribution in [0.4, 0.5) is 10.5 Å². The van der Waals surface area contributed by atoms with Crippen LogP contribution in [0.1, 0.15) is 11.1 Å². The number of nitrogens with zero attached hydrogens (tertiary/aromatic N) is 1. The molecule has 2 aromatic rings. The standard InChI is InChI=1S/C22H20ClN3O4/c1-3-10-26-21(28)18(25-22(26)29)12-15-6-9-19(17(23)11-15)30-13-20(27)24-16-7-4-14(2)5-8-16/h3-9,11-12H,1,10,13H2,2H3,(H,24,27)(H,25,29)/b18-12+. The number of urea groups is 1. The summed E-state index contributed by atoms with van der Waals surface area (Å²) in [6, 6.07) is 11.7. The van der Waals surface area contributed by atoms with E-state index < -0.39 is 11.9 Å². The third-order valence-electron chi connectivity index (χ3n) is 4.24. The average Bonchev–Trinajstić information content (AvgIpc) is 2.97. The fourth-order valence-corrected chi connectivity index (χ4v) is 2.98. The van der Waals surface area contributed by atoms with Gasteiger partial charge in [-0.1, -0.05) is 41.4 Å². The van der Waals surface area contributed by atoms with Gasteiger partial charge in [0.05, 0.1) is 5.02 Å². The van der Waals surface area contributed by atoms with Gasteiger partial charge in [-0.15, -0.1) is 6.58 Å². The molecule has 0 bridgehead atoms. The number of amides is 4. The molecule has 0 aromatic heterocycles. The summed E-state index contributed by atoms with van der Waals surface area (Å²) < 4.78 is 5.49. The first kappa shape index (κ1) is 21.1. The summed E-state index contributed by atoms with van der Waals surface area (Å²) >= 11 is 6.24. The molecule has 154 valence electrons. The van der Waals surface area contributed by atoms with Gasteiger partial charge in [0.2, 0.25) is 0 Å². The molecular formula is C22H20ClN3O4. The predicted octanol–water partition coefficient (Wildman–Crippen LogP) is 3.74. The highest BCUT2D eigenvalue weighted by atomic mass is 35.5. The summed E-state index contributed by atoms with van der Waals surface area (Å²) in [5.74, 6) is -0.431. The van der Waals surface area contributed by atoms with Gasteiger partial charge in [0, 0.05) is 12.2 Å². The third-order valence-corrected chi connectivity index (χ3v) is 4.53. The molecule has 0 radical (unpaired) electrons. The minimum Gasteiger partial charge on any atom is -0.482 e. The van der Waals surface area contributed by atoms with Crippen LogP contribution < -0.4 is 15.4 Å². The van der Waals surface area contributed by atoms with E-state index in [-0.39, 0.29) is 29.8 Å². The van der Waals surface area contributed by atoms with Crippen LogP contribution in [0.2, 0.25) is 5.02 Å². The Morgan fingerprint density at radius 1 is 1.23 bits per heavy atom. The van der Waals surface area contributed by atoms with Gasteiger partial charge < -0.3 is 15.4 Å². The molecule has 1 heterocycles. The van der Waals surface area contributed by atoms with Crippen molar-refractivity contribution >= 4 is 41.2 Å². The van der Waals surface area contributed by atoms with Crippen LogP contribution in [0.5, 0.6) is 5.75 Å². The second-order valence-corrected chi connectivity index (χ2v) is 6.99. The van der Waals surface area contributed by atoms with Gasteiger partial charge in [0.15, 0.2) is 6.61 Å². The highest BCUT2D eigenvalue weighted by Crippen LogP contribution is 2.27. The number of nitrogens with one attached hydrogen (secondary N) is 2. The molecule has 0 unspecified atom stereocenters. The number of halogens is 1. The number of ether oxygens (including phenoxy) is 1. The summed E-state index contributed by atoms with van der Waals surface area (Å²) in [5, 5.41) is 5.52. The van der Waals surface area contributed by atoms with Gasteiger partial charge in [-0.05, 0) is 42.8 Å². The molecule has 2 N–H and O–H groups in total. The van der Waals surface area contributed by atoms with Crippen molar-refractivity contribution in [3.8, 4) is 5.75 Å². The van der Waals surface area contributed by atoms with E-state index in [2.05, 4.69) is 17.2 Å². The van der Waals surface area contributed by atoms with Crippen LogP contribution in [-0.4, -0.2) is 35.9 Å². The van der Waals surface area contributed by atoms with Crippen molar-refractivity contribution < 1.29 is 19.1 Å². The van der Waals surface area contributed by atoms with Crippen LogP contribution in [0.15, 0.2) is 60.8 Å². The lowest BCUT2D eigenvalue weighted by Gasteiger charge is -2.10. The van der Waals surface area contributed by atoms with Crippen LogP contribution in [0.3, 0.4) is 0 Å². The largest absolute Gasteiger partial charge is 0.482 e. The number of hydrogen-bond acceptors (Lipinski definition) is 4. The molecule has 0 spiro atoms. The van der Waals surface area contributed by atoms with Crippen LogP contribution >= 0.6 is 11.6 Å². The van der Waals surface area contributed by atoms with Crippen LogP contribution in [0, 0.1) is 6.92 Å². The average molecular weight is 426 g/mol. The first-order valence-electron chi connectivity index (χ1n) is 9.11. The maximum Gasteiger partial charge on any atom is 0.329 e. The Hall–Kier alpha value is -3.58. The van der Waals surface area contributed by atoms with Gasteiger partial charge in [0.25, 0.3) is 11.8 Å². The van der Waals surface area contributed by atoms with Gasteiger partial charge in [-0.3, -0.25) is 14.5 Å². The first-order chi connectivity index (χ1) is 14.4. The van der Waals surface area contributed by atoms with Crippen LogP contribution in [-0.2, 0) is 9.59 Å². The number of hydrogen-bond donors (Lipinski definition) is 2. The maximum atomic E-state index is 12.2. The van der Waals surface area contributed by atoms with E-state index in [0.29, 0.717) is 17.0 Å². The molecular weight excluding hydrogens is 406 g/mol. The van der Waals surface area contributed by atoms with E-state index in [9.17, 15) is 14.4 Å². The smallest absolute Gasteiger partial charge is 0.329 e. The zero-order chi connectivity index (χ0) is 21.7. The lowest BCUT2D eigenvalue weighted by molar-refractivity contribution is -0.122. The van der Waals surface area contributed by atoms with E-state index >= 15 is 0 Å². The van der Waals surface area contributed by atoms with E-state index in [0.717, 1.165) is 10.5 Å². The molecule has 1 saturated heterocycles. The molecule has 30 heavy (non-hydrogen) atoms. The van der Waals surface area contributed by atoms with Gasteiger partial charge in [-0.2, -0.15) is 0 Å². The van der Waals surface area contributed by atoms with Crippen molar-refractivity contribution in [3.05, 3.63) is 77.0 Å². The number of imide groups is 1. The summed E-state index contributed by atoms with van der Waals surface area (Å²) in [7, 11) is 0. The maximum absolute atomic E-state index is 12.2. The lowest BCUT2D eigenvalue weighted by atomic mass is 10.2. The zero-order valence-corrected chi connectivity index (χ0v) is 17.0. The third kappa shape index (κ3) is 5.07. The number of carbonyl (C=O) groups is 3. The van der Waals surface area contributed by atoms with Crippen molar-refractivity contribution in [2.75, 3.05) is 18.5 Å². The molecule has 2 aromatic carbocycles. The summed E-state index contributed by atoms with van der Waals surface area (Å²) in [5.41, 5.74) is 2.51. The molecule has 0 atom stereocenters. The van der Waals surface area contributed by atoms with Crippen molar-refractivity contribution in [2.45, 2.75) is 6.92 Å². The van der Waals surface area contributed by atoms with E-state index in [1.54, 1.807) is 18.2 Å². The Bertz CT molecular complexity index is 1030. The van der Waals surface area contributed by atoms with Gasteiger partial charge >= 0.3 is 6.03 Å². The molecule has 1 fully saturated rings. The number of benzene rings is 2. The Balaban J connectivity index is 1.62. The Morgan fingerprint density at radius 2 is 1.97 bits per heavy atom. The van der Waals surface area contributed by atoms with Crippen molar-refractivity contribution in [1.82, 2.24) is 10.2 Å². The van der Waals surface area contributed by atoms with Gasteiger partial charge in [-0.25, -0.2) is 4.79 Å². The van der Waals surface area contributed by atoms with Crippen molar-refractivity contribution in [2.24, 2.45) is 0 Å². The fourth-order valence-electron chi connectivity index (χ4n) is 2.73. The normalized spacial score (nSPS) is 14.6. The minimum absolute atomic E-state index is 0.125. The molecule has 4 amide bonds. The quantitative estimate of drug-likeness (QED) is 0.402. The number of aryl methyl sites for hydroxylation is 1. The molecule has 0 aliphatic carbocycles. The SMILES string of the molecule is C=CCN1C(=O)N/C(=C/c2ccc(OCC(=O)Nc3ccc(C)cc3)c(Cl)c2)C1=O. The summed E-state index contributed by atoms with van der Waals surface area (Å²) in [6.45, 7) is 5.41. The second kappa shape index (κ2) is 9.28. The lowest BCUT2D eigenvalue weighted by Crippen LogP contribution is -2.30. The molecule has 8 heteroatoms. The molecule has 1 aliphatic heterocycles. The molecule has 3 rings (SSSR count). The second-order valence-electron chi connectivity index (χ2n) is 6.59. The number of anilines is 1.